The topological polar surface area (TPSA) is 54.5 Å². The van der Waals surface area contributed by atoms with Gasteiger partial charge in [0.25, 0.3) is 0 Å². The van der Waals surface area contributed by atoms with Gasteiger partial charge in [0.2, 0.25) is 5.91 Å². The van der Waals surface area contributed by atoms with Crippen molar-refractivity contribution < 1.29 is 13.9 Å². The summed E-state index contributed by atoms with van der Waals surface area (Å²) in [6.07, 6.45) is 0. The molecule has 26 heavy (non-hydrogen) atoms. The number of benzene rings is 2. The molecule has 1 fully saturated rings. The van der Waals surface area contributed by atoms with Crippen molar-refractivity contribution in [3.05, 3.63) is 48.3 Å². The molecule has 0 saturated carbocycles. The molecule has 2 aromatic carbocycles. The van der Waals surface area contributed by atoms with Crippen molar-refractivity contribution in [1.29, 1.82) is 0 Å². The van der Waals surface area contributed by atoms with E-state index in [1.165, 1.54) is 23.5 Å². The number of aromatic nitrogens is 1. The lowest BCUT2D eigenvalue weighted by atomic mass is 10.00. The van der Waals surface area contributed by atoms with Crippen LogP contribution in [0, 0.1) is 11.7 Å². The Balaban J connectivity index is 1.35. The summed E-state index contributed by atoms with van der Waals surface area (Å²) in [5, 5.41) is 3.76. The molecule has 0 radical (unpaired) electrons. The third kappa shape index (κ3) is 3.35. The van der Waals surface area contributed by atoms with Crippen LogP contribution in [0.1, 0.15) is 6.92 Å². The van der Waals surface area contributed by atoms with E-state index in [0.29, 0.717) is 19.7 Å². The molecule has 1 saturated heterocycles. The first-order valence-electron chi connectivity index (χ1n) is 8.47. The van der Waals surface area contributed by atoms with Gasteiger partial charge in [-0.05, 0) is 49.4 Å². The smallest absolute Gasteiger partial charge is 0.231 e. The SMILES string of the molecule is CCOc1ccc(NC(=O)C2CN(c3nc4ccc(F)cc4s3)C2)cc1. The van der Waals surface area contributed by atoms with Crippen LogP contribution in [0.4, 0.5) is 15.2 Å². The molecule has 0 aliphatic carbocycles. The van der Waals surface area contributed by atoms with Crippen LogP contribution in [0.5, 0.6) is 5.75 Å². The molecule has 1 aromatic heterocycles. The number of rotatable bonds is 5. The van der Waals surface area contributed by atoms with Gasteiger partial charge in [-0.2, -0.15) is 0 Å². The van der Waals surface area contributed by atoms with E-state index in [2.05, 4.69) is 10.3 Å². The van der Waals surface area contributed by atoms with Crippen molar-refractivity contribution in [2.45, 2.75) is 6.92 Å². The first-order valence-corrected chi connectivity index (χ1v) is 9.29. The first-order chi connectivity index (χ1) is 12.6. The highest BCUT2D eigenvalue weighted by atomic mass is 32.1. The van der Waals surface area contributed by atoms with Crippen molar-refractivity contribution in [2.24, 2.45) is 5.92 Å². The van der Waals surface area contributed by atoms with Gasteiger partial charge in [0.05, 0.1) is 22.7 Å². The lowest BCUT2D eigenvalue weighted by molar-refractivity contribution is -0.120. The monoisotopic (exact) mass is 371 g/mol. The van der Waals surface area contributed by atoms with Gasteiger partial charge in [-0.1, -0.05) is 11.3 Å². The van der Waals surface area contributed by atoms with Gasteiger partial charge >= 0.3 is 0 Å². The van der Waals surface area contributed by atoms with Crippen LogP contribution in [0.2, 0.25) is 0 Å². The quantitative estimate of drug-likeness (QED) is 0.739. The fraction of sp³-hybridized carbons (Fsp3) is 0.263. The standard InChI is InChI=1S/C19H18FN3O2S/c1-2-25-15-6-4-14(5-7-15)21-18(24)12-10-23(11-12)19-22-16-8-3-13(20)9-17(16)26-19/h3-9,12H,2,10-11H2,1H3,(H,21,24). The average Bonchev–Trinajstić information content (AvgIpc) is 2.98. The first kappa shape index (κ1) is 16.8. The van der Waals surface area contributed by atoms with Crippen molar-refractivity contribution in [3.8, 4) is 5.75 Å². The summed E-state index contributed by atoms with van der Waals surface area (Å²) >= 11 is 1.45. The molecule has 1 amide bonds. The van der Waals surface area contributed by atoms with Gasteiger partial charge in [0, 0.05) is 18.8 Å². The zero-order valence-corrected chi connectivity index (χ0v) is 15.1. The predicted molar refractivity (Wildman–Crippen MR) is 102 cm³/mol. The van der Waals surface area contributed by atoms with E-state index >= 15 is 0 Å². The Morgan fingerprint density at radius 1 is 1.31 bits per heavy atom. The summed E-state index contributed by atoms with van der Waals surface area (Å²) < 4.78 is 19.5. The maximum Gasteiger partial charge on any atom is 0.231 e. The minimum absolute atomic E-state index is 0.00225. The van der Waals surface area contributed by atoms with E-state index in [1.54, 1.807) is 6.07 Å². The number of carbonyl (C=O) groups excluding carboxylic acids is 1. The summed E-state index contributed by atoms with van der Waals surface area (Å²) in [7, 11) is 0. The number of hydrogen-bond acceptors (Lipinski definition) is 5. The summed E-state index contributed by atoms with van der Waals surface area (Å²) in [6, 6.07) is 11.9. The number of fused-ring (bicyclic) bond motifs is 1. The van der Waals surface area contributed by atoms with Crippen LogP contribution in [0.25, 0.3) is 10.2 Å². The highest BCUT2D eigenvalue weighted by molar-refractivity contribution is 7.22. The Morgan fingerprint density at radius 3 is 2.81 bits per heavy atom. The number of amides is 1. The Hall–Kier alpha value is -2.67. The number of carbonyl (C=O) groups is 1. The zero-order chi connectivity index (χ0) is 18.1. The number of thiazole rings is 1. The Bertz CT molecular complexity index is 936. The van der Waals surface area contributed by atoms with Gasteiger partial charge in [0.15, 0.2) is 5.13 Å². The van der Waals surface area contributed by atoms with Crippen molar-refractivity contribution in [1.82, 2.24) is 4.98 Å². The van der Waals surface area contributed by atoms with Crippen LogP contribution in [0.3, 0.4) is 0 Å². The maximum atomic E-state index is 13.3. The van der Waals surface area contributed by atoms with Crippen LogP contribution >= 0.6 is 11.3 Å². The van der Waals surface area contributed by atoms with Gasteiger partial charge in [-0.25, -0.2) is 9.37 Å². The number of anilines is 2. The number of nitrogens with zero attached hydrogens (tertiary/aromatic N) is 2. The minimum Gasteiger partial charge on any atom is -0.494 e. The molecule has 1 aliphatic rings. The fourth-order valence-electron chi connectivity index (χ4n) is 2.87. The van der Waals surface area contributed by atoms with E-state index in [0.717, 1.165) is 26.8 Å². The van der Waals surface area contributed by atoms with Gasteiger partial charge in [0.1, 0.15) is 11.6 Å². The number of halogens is 1. The number of ether oxygens (including phenoxy) is 1. The molecule has 2 heterocycles. The van der Waals surface area contributed by atoms with Crippen molar-refractivity contribution in [3.63, 3.8) is 0 Å². The molecule has 1 N–H and O–H groups in total. The maximum absolute atomic E-state index is 13.3. The number of nitrogens with one attached hydrogen (secondary N) is 1. The third-order valence-corrected chi connectivity index (χ3v) is 5.37. The van der Waals surface area contributed by atoms with E-state index in [4.69, 9.17) is 4.74 Å². The van der Waals surface area contributed by atoms with Crippen molar-refractivity contribution in [2.75, 3.05) is 29.9 Å². The molecular formula is C19H18FN3O2S. The predicted octanol–water partition coefficient (Wildman–Crippen LogP) is 3.91. The molecule has 0 bridgehead atoms. The van der Waals surface area contributed by atoms with E-state index < -0.39 is 0 Å². The second-order valence-corrected chi connectivity index (χ2v) is 7.17. The van der Waals surface area contributed by atoms with Crippen LogP contribution < -0.4 is 15.0 Å². The van der Waals surface area contributed by atoms with Gasteiger partial charge < -0.3 is 15.0 Å². The van der Waals surface area contributed by atoms with E-state index in [9.17, 15) is 9.18 Å². The third-order valence-electron chi connectivity index (χ3n) is 4.29. The molecule has 0 spiro atoms. The van der Waals surface area contributed by atoms with E-state index in [1.807, 2.05) is 36.1 Å². The van der Waals surface area contributed by atoms with Crippen LogP contribution in [-0.4, -0.2) is 30.6 Å². The minimum atomic E-state index is -0.260. The molecular weight excluding hydrogens is 353 g/mol. The Morgan fingerprint density at radius 2 is 2.08 bits per heavy atom. The normalized spacial score (nSPS) is 14.3. The molecule has 4 rings (SSSR count). The Kier molecular flexibility index (Phi) is 4.46. The highest BCUT2D eigenvalue weighted by Gasteiger charge is 2.34. The van der Waals surface area contributed by atoms with Crippen molar-refractivity contribution >= 4 is 38.3 Å². The molecule has 0 atom stereocenters. The largest absolute Gasteiger partial charge is 0.494 e. The summed E-state index contributed by atoms with van der Waals surface area (Å²) in [5.41, 5.74) is 1.54. The zero-order valence-electron chi connectivity index (χ0n) is 14.2. The van der Waals surface area contributed by atoms with Crippen LogP contribution in [-0.2, 0) is 4.79 Å². The summed E-state index contributed by atoms with van der Waals surface area (Å²) in [6.45, 7) is 3.78. The fourth-order valence-corrected chi connectivity index (χ4v) is 3.88. The molecule has 1 aliphatic heterocycles. The molecule has 0 unspecified atom stereocenters. The second kappa shape index (κ2) is 6.92. The number of hydrogen-bond donors (Lipinski definition) is 1. The van der Waals surface area contributed by atoms with Gasteiger partial charge in [-0.15, -0.1) is 0 Å². The summed E-state index contributed by atoms with van der Waals surface area (Å²) in [5.74, 6) is 0.444. The highest BCUT2D eigenvalue weighted by Crippen LogP contribution is 2.33. The van der Waals surface area contributed by atoms with E-state index in [-0.39, 0.29) is 17.6 Å². The average molecular weight is 371 g/mol. The van der Waals surface area contributed by atoms with Gasteiger partial charge in [-0.3, -0.25) is 4.79 Å². The lowest BCUT2D eigenvalue weighted by Gasteiger charge is -2.37. The molecule has 5 nitrogen and oxygen atoms in total. The Labute approximate surface area is 154 Å². The lowest BCUT2D eigenvalue weighted by Crippen LogP contribution is -2.52. The van der Waals surface area contributed by atoms with Crippen LogP contribution in [0.15, 0.2) is 42.5 Å². The molecule has 3 aromatic rings. The second-order valence-electron chi connectivity index (χ2n) is 6.16. The molecule has 7 heteroatoms. The summed E-state index contributed by atoms with van der Waals surface area (Å²) in [4.78, 5) is 18.9. The molecule has 134 valence electrons.